The van der Waals surface area contributed by atoms with Crippen LogP contribution in [0.5, 0.6) is 0 Å². The number of hydrogen-bond donors (Lipinski definition) is 0. The topological polar surface area (TPSA) is 40.6 Å². The average Bonchev–Trinajstić information content (AvgIpc) is 2.55. The number of carbonyl (C=O) groups is 2. The van der Waals surface area contributed by atoms with Gasteiger partial charge >= 0.3 is 0 Å². The van der Waals surface area contributed by atoms with Gasteiger partial charge in [-0.15, -0.1) is 0 Å². The lowest BCUT2D eigenvalue weighted by Gasteiger charge is -2.25. The Morgan fingerprint density at radius 2 is 1.75 bits per heavy atom. The van der Waals surface area contributed by atoms with E-state index in [0.29, 0.717) is 6.54 Å². The quantitative estimate of drug-likeness (QED) is 0.781. The van der Waals surface area contributed by atoms with Gasteiger partial charge in [-0.3, -0.25) is 9.59 Å². The normalized spacial score (nSPS) is 10.3. The smallest absolute Gasteiger partial charge is 0.242 e. The summed E-state index contributed by atoms with van der Waals surface area (Å²) in [6.45, 7) is 3.97. The van der Waals surface area contributed by atoms with E-state index in [2.05, 4.69) is 15.9 Å². The molecular formula is C19H21BrN2O2. The van der Waals surface area contributed by atoms with Gasteiger partial charge in [0.25, 0.3) is 0 Å². The van der Waals surface area contributed by atoms with Crippen LogP contribution in [0.3, 0.4) is 0 Å². The molecule has 0 unspecified atom stereocenters. The van der Waals surface area contributed by atoms with Crippen molar-refractivity contribution in [2.24, 2.45) is 0 Å². The molecule has 4 nitrogen and oxygen atoms in total. The number of nitrogens with zero attached hydrogens (tertiary/aromatic N) is 2. The van der Waals surface area contributed by atoms with E-state index < -0.39 is 0 Å². The first kappa shape index (κ1) is 18.2. The second-order valence-electron chi connectivity index (χ2n) is 5.77. The first-order valence-corrected chi connectivity index (χ1v) is 8.50. The second-order valence-corrected chi connectivity index (χ2v) is 6.63. The molecule has 2 amide bonds. The predicted octanol–water partition coefficient (Wildman–Crippen LogP) is 3.77. The molecule has 24 heavy (non-hydrogen) atoms. The number of carbonyl (C=O) groups excluding carboxylic acids is 2. The Bertz CT molecular complexity index is 731. The Labute approximate surface area is 151 Å². The van der Waals surface area contributed by atoms with Crippen molar-refractivity contribution in [2.75, 3.05) is 18.5 Å². The summed E-state index contributed by atoms with van der Waals surface area (Å²) in [7, 11) is 1.75. The third kappa shape index (κ3) is 4.68. The standard InChI is InChI=1S/C19H21BrN2O2/c1-14-11-17(9-10-18(14)20)22(15(2)23)13-19(24)21(3)12-16-7-5-4-6-8-16/h4-11H,12-13H2,1-3H3. The van der Waals surface area contributed by atoms with Crippen molar-refractivity contribution in [2.45, 2.75) is 20.4 Å². The van der Waals surface area contributed by atoms with Crippen LogP contribution in [-0.4, -0.2) is 30.3 Å². The minimum atomic E-state index is -0.154. The van der Waals surface area contributed by atoms with Crippen molar-refractivity contribution in [1.82, 2.24) is 4.90 Å². The number of aryl methyl sites for hydroxylation is 1. The second kappa shape index (κ2) is 8.11. The van der Waals surface area contributed by atoms with E-state index in [-0.39, 0.29) is 18.4 Å². The number of amides is 2. The van der Waals surface area contributed by atoms with Gasteiger partial charge in [-0.2, -0.15) is 0 Å². The lowest BCUT2D eigenvalue weighted by Crippen LogP contribution is -2.40. The molecule has 0 aliphatic heterocycles. The Kier molecular flexibility index (Phi) is 6.15. The maximum Gasteiger partial charge on any atom is 0.242 e. The number of likely N-dealkylation sites (N-methyl/N-ethyl adjacent to an activating group) is 1. The molecule has 0 spiro atoms. The number of halogens is 1. The maximum absolute atomic E-state index is 12.5. The summed E-state index contributed by atoms with van der Waals surface area (Å²) in [6.07, 6.45) is 0. The van der Waals surface area contributed by atoms with Crippen molar-refractivity contribution in [3.05, 3.63) is 64.1 Å². The van der Waals surface area contributed by atoms with Crippen LogP contribution in [0.1, 0.15) is 18.1 Å². The van der Waals surface area contributed by atoms with Crippen LogP contribution in [0.2, 0.25) is 0 Å². The van der Waals surface area contributed by atoms with Gasteiger partial charge < -0.3 is 9.80 Å². The van der Waals surface area contributed by atoms with Crippen LogP contribution in [-0.2, 0) is 16.1 Å². The van der Waals surface area contributed by atoms with Crippen LogP contribution in [0.15, 0.2) is 53.0 Å². The van der Waals surface area contributed by atoms with Crippen molar-refractivity contribution in [3.63, 3.8) is 0 Å². The zero-order chi connectivity index (χ0) is 17.7. The molecule has 0 atom stereocenters. The van der Waals surface area contributed by atoms with Gasteiger partial charge in [0, 0.05) is 30.7 Å². The van der Waals surface area contributed by atoms with E-state index in [4.69, 9.17) is 0 Å². The zero-order valence-electron chi connectivity index (χ0n) is 14.1. The molecule has 0 aromatic heterocycles. The van der Waals surface area contributed by atoms with E-state index in [1.165, 1.54) is 11.8 Å². The minimum Gasteiger partial charge on any atom is -0.340 e. The average molecular weight is 389 g/mol. The monoisotopic (exact) mass is 388 g/mol. The van der Waals surface area contributed by atoms with Crippen molar-refractivity contribution >= 4 is 33.4 Å². The predicted molar refractivity (Wildman–Crippen MR) is 99.8 cm³/mol. The molecule has 0 fully saturated rings. The largest absolute Gasteiger partial charge is 0.340 e. The van der Waals surface area contributed by atoms with E-state index in [1.807, 2.05) is 55.5 Å². The van der Waals surface area contributed by atoms with Crippen molar-refractivity contribution in [1.29, 1.82) is 0 Å². The molecule has 5 heteroatoms. The van der Waals surface area contributed by atoms with Gasteiger partial charge in [-0.1, -0.05) is 46.3 Å². The third-order valence-corrected chi connectivity index (χ3v) is 4.70. The molecule has 2 aromatic rings. The molecule has 0 saturated carbocycles. The highest BCUT2D eigenvalue weighted by Crippen LogP contribution is 2.23. The summed E-state index contributed by atoms with van der Waals surface area (Å²) in [4.78, 5) is 27.6. The Hall–Kier alpha value is -2.14. The third-order valence-electron chi connectivity index (χ3n) is 3.82. The van der Waals surface area contributed by atoms with Crippen LogP contribution in [0, 0.1) is 6.92 Å². The molecule has 0 heterocycles. The maximum atomic E-state index is 12.5. The van der Waals surface area contributed by atoms with Crippen LogP contribution >= 0.6 is 15.9 Å². The van der Waals surface area contributed by atoms with Gasteiger partial charge in [0.1, 0.15) is 6.54 Å². The van der Waals surface area contributed by atoms with Crippen LogP contribution < -0.4 is 4.90 Å². The Morgan fingerprint density at radius 3 is 2.33 bits per heavy atom. The van der Waals surface area contributed by atoms with Crippen molar-refractivity contribution < 1.29 is 9.59 Å². The van der Waals surface area contributed by atoms with Gasteiger partial charge in [0.2, 0.25) is 11.8 Å². The molecule has 0 bridgehead atoms. The minimum absolute atomic E-state index is 0.0275. The molecule has 126 valence electrons. The van der Waals surface area contributed by atoms with E-state index in [0.717, 1.165) is 21.3 Å². The summed E-state index contributed by atoms with van der Waals surface area (Å²) in [5.41, 5.74) is 2.80. The van der Waals surface area contributed by atoms with Gasteiger partial charge in [-0.25, -0.2) is 0 Å². The van der Waals surface area contributed by atoms with E-state index >= 15 is 0 Å². The molecular weight excluding hydrogens is 368 g/mol. The zero-order valence-corrected chi connectivity index (χ0v) is 15.7. The Balaban J connectivity index is 2.10. The fraction of sp³-hybridized carbons (Fsp3) is 0.263. The van der Waals surface area contributed by atoms with Crippen LogP contribution in [0.4, 0.5) is 5.69 Å². The Morgan fingerprint density at radius 1 is 1.08 bits per heavy atom. The number of anilines is 1. The fourth-order valence-corrected chi connectivity index (χ4v) is 2.63. The summed E-state index contributed by atoms with van der Waals surface area (Å²) in [5, 5.41) is 0. The van der Waals surface area contributed by atoms with E-state index in [9.17, 15) is 9.59 Å². The van der Waals surface area contributed by atoms with Gasteiger partial charge in [0.15, 0.2) is 0 Å². The molecule has 0 aliphatic rings. The summed E-state index contributed by atoms with van der Waals surface area (Å²) in [5.74, 6) is -0.257. The SMILES string of the molecule is CC(=O)N(CC(=O)N(C)Cc1ccccc1)c1ccc(Br)c(C)c1. The number of hydrogen-bond acceptors (Lipinski definition) is 2. The van der Waals surface area contributed by atoms with Crippen molar-refractivity contribution in [3.8, 4) is 0 Å². The molecule has 0 aliphatic carbocycles. The van der Waals surface area contributed by atoms with Crippen LogP contribution in [0.25, 0.3) is 0 Å². The number of benzene rings is 2. The fourth-order valence-electron chi connectivity index (χ4n) is 2.38. The summed E-state index contributed by atoms with van der Waals surface area (Å²) >= 11 is 3.45. The number of rotatable bonds is 5. The lowest BCUT2D eigenvalue weighted by molar-refractivity contribution is -0.130. The highest BCUT2D eigenvalue weighted by atomic mass is 79.9. The molecule has 0 radical (unpaired) electrons. The molecule has 0 N–H and O–H groups in total. The lowest BCUT2D eigenvalue weighted by atomic mass is 10.2. The van der Waals surface area contributed by atoms with E-state index in [1.54, 1.807) is 11.9 Å². The summed E-state index contributed by atoms with van der Waals surface area (Å²) < 4.78 is 0.974. The molecule has 2 rings (SSSR count). The van der Waals surface area contributed by atoms with Gasteiger partial charge in [-0.05, 0) is 36.2 Å². The molecule has 2 aromatic carbocycles. The first-order valence-electron chi connectivity index (χ1n) is 7.70. The molecule has 0 saturated heterocycles. The highest BCUT2D eigenvalue weighted by molar-refractivity contribution is 9.10. The summed E-state index contributed by atoms with van der Waals surface area (Å²) in [6, 6.07) is 15.4. The first-order chi connectivity index (χ1) is 11.4. The van der Waals surface area contributed by atoms with Gasteiger partial charge in [0.05, 0.1) is 0 Å². The highest BCUT2D eigenvalue weighted by Gasteiger charge is 2.19.